The van der Waals surface area contributed by atoms with Crippen LogP contribution < -0.4 is 24.9 Å². The highest BCUT2D eigenvalue weighted by Crippen LogP contribution is 2.31. The maximum atomic E-state index is 13.8. The molecule has 0 bridgehead atoms. The molecule has 3 aromatic carbocycles. The maximum absolute atomic E-state index is 13.8. The van der Waals surface area contributed by atoms with Gasteiger partial charge in [0.05, 0.1) is 29.0 Å². The van der Waals surface area contributed by atoms with Gasteiger partial charge >= 0.3 is 0 Å². The first kappa shape index (κ1) is 23.4. The lowest BCUT2D eigenvalue weighted by Gasteiger charge is -2.25. The number of carbonyl (C=O) groups is 1. The van der Waals surface area contributed by atoms with E-state index in [-0.39, 0.29) is 11.5 Å². The fourth-order valence-electron chi connectivity index (χ4n) is 4.14. The lowest BCUT2D eigenvalue weighted by molar-refractivity contribution is -0.113. The molecular formula is C28H22FN3O3S. The number of para-hydroxylation sites is 1. The van der Waals surface area contributed by atoms with Crippen molar-refractivity contribution >= 4 is 29.0 Å². The largest absolute Gasteiger partial charge is 0.497 e. The van der Waals surface area contributed by atoms with E-state index in [4.69, 9.17) is 4.74 Å². The molecule has 1 aliphatic rings. The van der Waals surface area contributed by atoms with Crippen molar-refractivity contribution in [1.82, 2.24) is 4.57 Å². The Bertz CT molecular complexity index is 1640. The van der Waals surface area contributed by atoms with Crippen LogP contribution in [0.15, 0.2) is 99.9 Å². The average Bonchev–Trinajstić information content (AvgIpc) is 3.19. The van der Waals surface area contributed by atoms with E-state index in [0.717, 1.165) is 11.3 Å². The van der Waals surface area contributed by atoms with Crippen LogP contribution in [0.1, 0.15) is 24.1 Å². The van der Waals surface area contributed by atoms with Crippen LogP contribution in [0.3, 0.4) is 0 Å². The van der Waals surface area contributed by atoms with Crippen molar-refractivity contribution in [3.05, 3.63) is 127 Å². The predicted molar refractivity (Wildman–Crippen MR) is 138 cm³/mol. The number of hydrogen-bond donors (Lipinski definition) is 1. The number of hydrogen-bond acceptors (Lipinski definition) is 5. The topological polar surface area (TPSA) is 72.7 Å². The third-order valence-corrected chi connectivity index (χ3v) is 6.88. The first-order valence-electron chi connectivity index (χ1n) is 11.2. The van der Waals surface area contributed by atoms with Gasteiger partial charge in [0.15, 0.2) is 4.80 Å². The van der Waals surface area contributed by atoms with Crippen LogP contribution >= 0.6 is 11.3 Å². The van der Waals surface area contributed by atoms with Crippen LogP contribution in [0, 0.1) is 5.82 Å². The summed E-state index contributed by atoms with van der Waals surface area (Å²) in [5, 5.41) is 2.90. The van der Waals surface area contributed by atoms with Crippen LogP contribution in [-0.2, 0) is 4.79 Å². The molecule has 0 aliphatic carbocycles. The molecule has 0 saturated carbocycles. The number of halogens is 1. The molecule has 6 nitrogen and oxygen atoms in total. The molecule has 1 atom stereocenters. The highest BCUT2D eigenvalue weighted by Gasteiger charge is 2.32. The second-order valence-corrected chi connectivity index (χ2v) is 9.24. The molecule has 4 aromatic rings. The molecule has 0 unspecified atom stereocenters. The molecule has 1 aliphatic heterocycles. The van der Waals surface area contributed by atoms with Gasteiger partial charge in [-0.15, -0.1) is 0 Å². The summed E-state index contributed by atoms with van der Waals surface area (Å²) in [6.07, 6.45) is 1.79. The summed E-state index contributed by atoms with van der Waals surface area (Å²) >= 11 is 1.25. The van der Waals surface area contributed by atoms with Crippen molar-refractivity contribution in [2.24, 2.45) is 4.99 Å². The molecule has 0 spiro atoms. The van der Waals surface area contributed by atoms with Crippen molar-refractivity contribution in [3.8, 4) is 5.75 Å². The quantitative estimate of drug-likeness (QED) is 0.451. The highest BCUT2D eigenvalue weighted by atomic mass is 32.1. The molecule has 8 heteroatoms. The number of anilines is 1. The van der Waals surface area contributed by atoms with Crippen LogP contribution in [0.25, 0.3) is 6.08 Å². The minimum atomic E-state index is -0.761. The maximum Gasteiger partial charge on any atom is 0.271 e. The zero-order valence-corrected chi connectivity index (χ0v) is 20.4. The number of methoxy groups -OCH3 is 1. The second-order valence-electron chi connectivity index (χ2n) is 8.23. The van der Waals surface area contributed by atoms with Gasteiger partial charge in [-0.05, 0) is 60.5 Å². The Morgan fingerprint density at radius 2 is 1.75 bits per heavy atom. The number of rotatable bonds is 5. The fraction of sp³-hybridized carbons (Fsp3) is 0.107. The van der Waals surface area contributed by atoms with E-state index < -0.39 is 11.9 Å². The molecule has 0 radical (unpaired) electrons. The van der Waals surface area contributed by atoms with E-state index in [9.17, 15) is 14.0 Å². The van der Waals surface area contributed by atoms with Crippen LogP contribution in [0.2, 0.25) is 0 Å². The second kappa shape index (κ2) is 9.75. The van der Waals surface area contributed by atoms with Gasteiger partial charge in [0.25, 0.3) is 11.5 Å². The molecule has 5 rings (SSSR count). The number of allylic oxidation sites excluding steroid dienone is 1. The molecule has 2 heterocycles. The van der Waals surface area contributed by atoms with Gasteiger partial charge in [0.1, 0.15) is 11.6 Å². The van der Waals surface area contributed by atoms with Gasteiger partial charge in [-0.1, -0.05) is 53.8 Å². The molecule has 0 fully saturated rings. The summed E-state index contributed by atoms with van der Waals surface area (Å²) in [5.74, 6) is -0.0579. The van der Waals surface area contributed by atoms with E-state index >= 15 is 0 Å². The zero-order chi connectivity index (χ0) is 25.2. The summed E-state index contributed by atoms with van der Waals surface area (Å²) in [6.45, 7) is 1.75. The van der Waals surface area contributed by atoms with Crippen molar-refractivity contribution in [2.75, 3.05) is 12.4 Å². The Kier molecular flexibility index (Phi) is 6.35. The summed E-state index contributed by atoms with van der Waals surface area (Å²) in [6, 6.07) is 21.5. The Hall–Kier alpha value is -4.30. The number of benzene rings is 3. The van der Waals surface area contributed by atoms with Gasteiger partial charge in [-0.25, -0.2) is 9.38 Å². The van der Waals surface area contributed by atoms with E-state index in [1.807, 2.05) is 42.5 Å². The predicted octanol–water partition coefficient (Wildman–Crippen LogP) is 4.02. The molecule has 1 amide bonds. The first-order valence-corrected chi connectivity index (χ1v) is 12.0. The summed E-state index contributed by atoms with van der Waals surface area (Å²) in [7, 11) is 1.59. The average molecular weight is 500 g/mol. The number of amides is 1. The lowest BCUT2D eigenvalue weighted by atomic mass is 9.95. The van der Waals surface area contributed by atoms with Crippen LogP contribution in [0.5, 0.6) is 5.75 Å². The van der Waals surface area contributed by atoms with Gasteiger partial charge in [0, 0.05) is 5.69 Å². The molecule has 0 saturated heterocycles. The monoisotopic (exact) mass is 499 g/mol. The van der Waals surface area contributed by atoms with Crippen molar-refractivity contribution in [2.45, 2.75) is 13.0 Å². The number of thiazole rings is 1. The van der Waals surface area contributed by atoms with Crippen molar-refractivity contribution in [1.29, 1.82) is 0 Å². The first-order chi connectivity index (χ1) is 17.4. The molecule has 180 valence electrons. The normalized spacial score (nSPS) is 15.3. The van der Waals surface area contributed by atoms with E-state index in [1.54, 1.807) is 44.4 Å². The Balaban J connectivity index is 1.65. The SMILES string of the molecule is COc1ccc(/C=c2\sc3n(c2=O)[C@H](c2ccc(F)cc2)C(C(=O)Nc2ccccc2)=C(C)N=3)cc1. The van der Waals surface area contributed by atoms with E-state index in [0.29, 0.717) is 31.9 Å². The lowest BCUT2D eigenvalue weighted by Crippen LogP contribution is -2.40. The van der Waals surface area contributed by atoms with Crippen molar-refractivity contribution < 1.29 is 13.9 Å². The van der Waals surface area contributed by atoms with Crippen molar-refractivity contribution in [3.63, 3.8) is 0 Å². The molecule has 36 heavy (non-hydrogen) atoms. The Labute approximate surface area is 210 Å². The number of ether oxygens (including phenoxy) is 1. The number of fused-ring (bicyclic) bond motifs is 1. The third-order valence-electron chi connectivity index (χ3n) is 5.90. The summed E-state index contributed by atoms with van der Waals surface area (Å²) < 4.78 is 21.0. The summed E-state index contributed by atoms with van der Waals surface area (Å²) in [4.78, 5) is 32.2. The molecule has 1 N–H and O–H groups in total. The Morgan fingerprint density at radius 3 is 2.42 bits per heavy atom. The minimum absolute atomic E-state index is 0.276. The number of aromatic nitrogens is 1. The fourth-order valence-corrected chi connectivity index (χ4v) is 5.19. The van der Waals surface area contributed by atoms with Gasteiger partial charge in [-0.2, -0.15) is 0 Å². The number of carbonyl (C=O) groups excluding carboxylic acids is 1. The summed E-state index contributed by atoms with van der Waals surface area (Å²) in [5.41, 5.74) is 2.61. The third kappa shape index (κ3) is 4.50. The van der Waals surface area contributed by atoms with E-state index in [2.05, 4.69) is 10.3 Å². The van der Waals surface area contributed by atoms with Gasteiger partial charge in [-0.3, -0.25) is 14.2 Å². The number of nitrogens with zero attached hydrogens (tertiary/aromatic N) is 2. The minimum Gasteiger partial charge on any atom is -0.497 e. The van der Waals surface area contributed by atoms with Crippen LogP contribution in [0.4, 0.5) is 10.1 Å². The molecular weight excluding hydrogens is 477 g/mol. The van der Waals surface area contributed by atoms with Crippen LogP contribution in [-0.4, -0.2) is 17.6 Å². The Morgan fingerprint density at radius 1 is 1.06 bits per heavy atom. The van der Waals surface area contributed by atoms with Gasteiger partial charge < -0.3 is 10.1 Å². The molecule has 1 aromatic heterocycles. The smallest absolute Gasteiger partial charge is 0.271 e. The zero-order valence-electron chi connectivity index (χ0n) is 19.6. The highest BCUT2D eigenvalue weighted by molar-refractivity contribution is 7.07. The van der Waals surface area contributed by atoms with Gasteiger partial charge in [0.2, 0.25) is 0 Å². The number of nitrogens with one attached hydrogen (secondary N) is 1. The standard InChI is InChI=1S/C28H22FN3O3S/c1-17-24(26(33)31-21-6-4-3-5-7-21)25(19-10-12-20(29)13-11-19)32-27(34)23(36-28(32)30-17)16-18-8-14-22(35-2)15-9-18/h3-16,25H,1-2H3,(H,31,33)/b23-16-/t25-/m1/s1. The van der Waals surface area contributed by atoms with E-state index in [1.165, 1.54) is 28.0 Å².